The summed E-state index contributed by atoms with van der Waals surface area (Å²) in [5.74, 6) is 0.537. The zero-order valence-corrected chi connectivity index (χ0v) is 21.0. The first-order valence-electron chi connectivity index (χ1n) is 11.4. The maximum atomic E-state index is 13.2. The molecule has 0 aliphatic carbocycles. The Morgan fingerprint density at radius 1 is 1.27 bits per heavy atom. The molecule has 0 saturated carbocycles. The van der Waals surface area contributed by atoms with E-state index in [-0.39, 0.29) is 29.5 Å². The molecule has 1 amide bonds. The molecule has 1 atom stereocenters. The molecule has 2 aromatic heterocycles. The summed E-state index contributed by atoms with van der Waals surface area (Å²) in [6.07, 6.45) is 1.81. The normalized spacial score (nSPS) is 15.6. The molecule has 1 aliphatic heterocycles. The predicted molar refractivity (Wildman–Crippen MR) is 135 cm³/mol. The van der Waals surface area contributed by atoms with Crippen molar-refractivity contribution in [3.05, 3.63) is 40.3 Å². The number of aromatic nitrogens is 4. The van der Waals surface area contributed by atoms with Crippen LogP contribution in [0.1, 0.15) is 52.6 Å². The number of amides is 1. The van der Waals surface area contributed by atoms with Crippen LogP contribution in [0.5, 0.6) is 0 Å². The van der Waals surface area contributed by atoms with E-state index >= 15 is 0 Å². The van der Waals surface area contributed by atoms with Crippen LogP contribution < -0.4 is 15.8 Å². The van der Waals surface area contributed by atoms with Crippen molar-refractivity contribution in [2.75, 3.05) is 29.1 Å². The first-order valence-corrected chi connectivity index (χ1v) is 12.4. The molecule has 8 nitrogen and oxygen atoms in total. The minimum atomic E-state index is -0.276. The van der Waals surface area contributed by atoms with E-state index in [1.165, 1.54) is 11.8 Å². The number of thioether (sulfide) groups is 1. The highest BCUT2D eigenvalue weighted by Gasteiger charge is 2.30. The van der Waals surface area contributed by atoms with Gasteiger partial charge in [0.2, 0.25) is 5.91 Å². The molecule has 3 aromatic rings. The Balaban J connectivity index is 1.54. The second-order valence-corrected chi connectivity index (χ2v) is 10.4. The molecule has 4 rings (SSSR count). The SMILES string of the molecule is CCN(CC)c1ccc(NC(=O)CC2CSc3nc4c(cnn4C(C)(C)C)c(=O)n32)c(C)c1. The summed E-state index contributed by atoms with van der Waals surface area (Å²) in [6.45, 7) is 14.2. The highest BCUT2D eigenvalue weighted by atomic mass is 32.2. The summed E-state index contributed by atoms with van der Waals surface area (Å²) in [5.41, 5.74) is 3.15. The fourth-order valence-electron chi connectivity index (χ4n) is 4.26. The van der Waals surface area contributed by atoms with E-state index in [2.05, 4.69) is 35.2 Å². The second-order valence-electron chi connectivity index (χ2n) is 9.42. The zero-order valence-electron chi connectivity index (χ0n) is 20.2. The molecule has 0 saturated heterocycles. The summed E-state index contributed by atoms with van der Waals surface area (Å²) in [7, 11) is 0. The zero-order chi connectivity index (χ0) is 23.9. The number of hydrogen-bond donors (Lipinski definition) is 1. The summed E-state index contributed by atoms with van der Waals surface area (Å²) in [6, 6.07) is 5.86. The molecule has 0 radical (unpaired) electrons. The van der Waals surface area contributed by atoms with Gasteiger partial charge in [-0.05, 0) is 65.3 Å². The van der Waals surface area contributed by atoms with Crippen LogP contribution in [0.25, 0.3) is 11.0 Å². The molecule has 9 heteroatoms. The second kappa shape index (κ2) is 8.85. The van der Waals surface area contributed by atoms with Crippen LogP contribution >= 0.6 is 11.8 Å². The number of benzene rings is 1. The third-order valence-electron chi connectivity index (χ3n) is 6.04. The summed E-state index contributed by atoms with van der Waals surface area (Å²) >= 11 is 1.51. The van der Waals surface area contributed by atoms with Gasteiger partial charge in [0.05, 0.1) is 17.8 Å². The molecule has 1 unspecified atom stereocenters. The van der Waals surface area contributed by atoms with Crippen LogP contribution in [0.3, 0.4) is 0 Å². The van der Waals surface area contributed by atoms with Crippen molar-refractivity contribution in [2.45, 2.75) is 64.7 Å². The number of hydrogen-bond acceptors (Lipinski definition) is 6. The molecule has 3 heterocycles. The highest BCUT2D eigenvalue weighted by Crippen LogP contribution is 2.34. The molecule has 0 spiro atoms. The fourth-order valence-corrected chi connectivity index (χ4v) is 5.39. The van der Waals surface area contributed by atoms with Gasteiger partial charge in [-0.15, -0.1) is 0 Å². The average Bonchev–Trinajstić information content (AvgIpc) is 3.36. The van der Waals surface area contributed by atoms with Gasteiger partial charge in [-0.3, -0.25) is 14.2 Å². The van der Waals surface area contributed by atoms with E-state index in [1.807, 2.05) is 39.8 Å². The van der Waals surface area contributed by atoms with Crippen LogP contribution in [0.4, 0.5) is 11.4 Å². The standard InChI is InChI=1S/C24H32N6O2S/c1-7-28(8-2)16-9-10-19(15(3)11-16)26-20(31)12-17-14-33-23-27-21-18(22(32)29(17)23)13-25-30(21)24(4,5)6/h9-11,13,17H,7-8,12,14H2,1-6H3,(H,26,31). The lowest BCUT2D eigenvalue weighted by Gasteiger charge is -2.22. The summed E-state index contributed by atoms with van der Waals surface area (Å²) in [4.78, 5) is 33.1. The predicted octanol–water partition coefficient (Wildman–Crippen LogP) is 4.18. The number of anilines is 2. The van der Waals surface area contributed by atoms with Crippen LogP contribution in [0, 0.1) is 6.92 Å². The van der Waals surface area contributed by atoms with Gasteiger partial charge in [0.15, 0.2) is 10.8 Å². The molecule has 0 fully saturated rings. The number of carbonyl (C=O) groups excluding carboxylic acids is 1. The van der Waals surface area contributed by atoms with E-state index in [9.17, 15) is 9.59 Å². The number of nitrogens with zero attached hydrogens (tertiary/aromatic N) is 5. The van der Waals surface area contributed by atoms with Crippen LogP contribution in [-0.4, -0.2) is 44.1 Å². The first-order chi connectivity index (χ1) is 15.6. The lowest BCUT2D eigenvalue weighted by atomic mass is 10.1. The maximum Gasteiger partial charge on any atom is 0.265 e. The van der Waals surface area contributed by atoms with E-state index in [4.69, 9.17) is 4.98 Å². The van der Waals surface area contributed by atoms with Gasteiger partial charge in [0, 0.05) is 36.6 Å². The quantitative estimate of drug-likeness (QED) is 0.547. The van der Waals surface area contributed by atoms with Gasteiger partial charge < -0.3 is 10.2 Å². The third-order valence-corrected chi connectivity index (χ3v) is 7.14. The van der Waals surface area contributed by atoms with Gasteiger partial charge in [-0.2, -0.15) is 5.10 Å². The van der Waals surface area contributed by atoms with Gasteiger partial charge in [-0.1, -0.05) is 11.8 Å². The van der Waals surface area contributed by atoms with E-state index in [0.29, 0.717) is 21.9 Å². The van der Waals surface area contributed by atoms with Crippen molar-refractivity contribution in [2.24, 2.45) is 0 Å². The number of carbonyl (C=O) groups is 1. The van der Waals surface area contributed by atoms with Gasteiger partial charge in [-0.25, -0.2) is 9.67 Å². The number of aryl methyl sites for hydroxylation is 1. The molecule has 176 valence electrons. The van der Waals surface area contributed by atoms with Crippen molar-refractivity contribution in [1.82, 2.24) is 19.3 Å². The lowest BCUT2D eigenvalue weighted by molar-refractivity contribution is -0.116. The van der Waals surface area contributed by atoms with Crippen molar-refractivity contribution in [3.8, 4) is 0 Å². The Morgan fingerprint density at radius 3 is 2.64 bits per heavy atom. The topological polar surface area (TPSA) is 85.1 Å². The van der Waals surface area contributed by atoms with E-state index in [1.54, 1.807) is 15.4 Å². The molecular weight excluding hydrogens is 436 g/mol. The summed E-state index contributed by atoms with van der Waals surface area (Å²) in [5, 5.41) is 8.57. The Kier molecular flexibility index (Phi) is 6.26. The molecule has 1 aromatic carbocycles. The molecule has 1 N–H and O–H groups in total. The summed E-state index contributed by atoms with van der Waals surface area (Å²) < 4.78 is 3.45. The van der Waals surface area contributed by atoms with Crippen LogP contribution in [0.2, 0.25) is 0 Å². The maximum absolute atomic E-state index is 13.2. The number of nitrogens with one attached hydrogen (secondary N) is 1. The van der Waals surface area contributed by atoms with Crippen molar-refractivity contribution >= 4 is 40.1 Å². The first kappa shape index (κ1) is 23.4. The number of fused-ring (bicyclic) bond motifs is 2. The lowest BCUT2D eigenvalue weighted by Crippen LogP contribution is -2.29. The molecule has 0 bridgehead atoms. The van der Waals surface area contributed by atoms with Crippen molar-refractivity contribution < 1.29 is 4.79 Å². The Hall–Kier alpha value is -2.81. The largest absolute Gasteiger partial charge is 0.372 e. The Labute approximate surface area is 198 Å². The smallest absolute Gasteiger partial charge is 0.265 e. The van der Waals surface area contributed by atoms with Crippen molar-refractivity contribution in [1.29, 1.82) is 0 Å². The Bertz CT molecular complexity index is 1250. The monoisotopic (exact) mass is 468 g/mol. The molecule has 1 aliphatic rings. The van der Waals surface area contributed by atoms with Crippen molar-refractivity contribution in [3.63, 3.8) is 0 Å². The average molecular weight is 469 g/mol. The molecular formula is C24H32N6O2S. The van der Waals surface area contributed by atoms with Gasteiger partial charge in [0.1, 0.15) is 5.39 Å². The van der Waals surface area contributed by atoms with Gasteiger partial charge in [0.25, 0.3) is 5.56 Å². The van der Waals surface area contributed by atoms with Crippen LogP contribution in [-0.2, 0) is 10.3 Å². The minimum absolute atomic E-state index is 0.107. The fraction of sp³-hybridized carbons (Fsp3) is 0.500. The van der Waals surface area contributed by atoms with Gasteiger partial charge >= 0.3 is 0 Å². The highest BCUT2D eigenvalue weighted by molar-refractivity contribution is 7.99. The van der Waals surface area contributed by atoms with E-state index in [0.717, 1.165) is 30.0 Å². The van der Waals surface area contributed by atoms with E-state index < -0.39 is 0 Å². The Morgan fingerprint density at radius 2 is 2.00 bits per heavy atom. The number of rotatable bonds is 6. The third kappa shape index (κ3) is 4.38. The molecule has 33 heavy (non-hydrogen) atoms. The van der Waals surface area contributed by atoms with Crippen LogP contribution in [0.15, 0.2) is 34.3 Å². The minimum Gasteiger partial charge on any atom is -0.372 e.